The van der Waals surface area contributed by atoms with Crippen LogP contribution in [0.2, 0.25) is 5.02 Å². The monoisotopic (exact) mass is 277 g/mol. The molecule has 1 aliphatic heterocycles. The number of benzene rings is 1. The second kappa shape index (κ2) is 5.16. The molecule has 19 heavy (non-hydrogen) atoms. The molecule has 2 nitrogen and oxygen atoms in total. The number of ketones is 1. The number of anilines is 1. The van der Waals surface area contributed by atoms with Gasteiger partial charge in [-0.15, -0.1) is 0 Å². The summed E-state index contributed by atoms with van der Waals surface area (Å²) in [6, 6.07) is 6.59. The average molecular weight is 278 g/mol. The smallest absolute Gasteiger partial charge is 0.161 e. The van der Waals surface area contributed by atoms with Crippen molar-refractivity contribution < 1.29 is 4.79 Å². The van der Waals surface area contributed by atoms with E-state index >= 15 is 0 Å². The highest BCUT2D eigenvalue weighted by Gasteiger charge is 2.35. The van der Waals surface area contributed by atoms with Crippen molar-refractivity contribution in [2.24, 2.45) is 5.92 Å². The molecule has 0 bridgehead atoms. The third kappa shape index (κ3) is 2.38. The van der Waals surface area contributed by atoms with E-state index in [9.17, 15) is 4.79 Å². The number of hydrogen-bond donors (Lipinski definition) is 0. The quantitative estimate of drug-likeness (QED) is 0.751. The van der Waals surface area contributed by atoms with Gasteiger partial charge in [-0.2, -0.15) is 0 Å². The number of piperidine rings is 1. The molecule has 1 aliphatic carbocycles. The zero-order valence-electron chi connectivity index (χ0n) is 11.4. The molecule has 3 heteroatoms. The van der Waals surface area contributed by atoms with Crippen molar-refractivity contribution in [1.82, 2.24) is 0 Å². The molecule has 1 heterocycles. The van der Waals surface area contributed by atoms with E-state index in [-0.39, 0.29) is 5.78 Å². The maximum Gasteiger partial charge on any atom is 0.161 e. The predicted octanol–water partition coefficient (Wildman–Crippen LogP) is 4.31. The van der Waals surface area contributed by atoms with Gasteiger partial charge in [-0.3, -0.25) is 4.79 Å². The van der Waals surface area contributed by atoms with Gasteiger partial charge in [0.15, 0.2) is 5.78 Å². The van der Waals surface area contributed by atoms with E-state index in [2.05, 4.69) is 11.0 Å². The van der Waals surface area contributed by atoms with Gasteiger partial charge in [0.25, 0.3) is 0 Å². The second-order valence-electron chi connectivity index (χ2n) is 5.81. The van der Waals surface area contributed by atoms with E-state index in [0.29, 0.717) is 16.6 Å². The largest absolute Gasteiger partial charge is 0.368 e. The maximum absolute atomic E-state index is 11.4. The molecule has 0 radical (unpaired) electrons. The SMILES string of the molecule is CC(=O)c1ccc(N2CCCC3CCCC32)cc1Cl. The minimum atomic E-state index is 0.0361. The van der Waals surface area contributed by atoms with Crippen LogP contribution in [0.15, 0.2) is 18.2 Å². The van der Waals surface area contributed by atoms with Crippen molar-refractivity contribution in [1.29, 1.82) is 0 Å². The molecule has 3 rings (SSSR count). The summed E-state index contributed by atoms with van der Waals surface area (Å²) < 4.78 is 0. The van der Waals surface area contributed by atoms with Crippen molar-refractivity contribution in [2.45, 2.75) is 45.1 Å². The molecule has 2 atom stereocenters. The van der Waals surface area contributed by atoms with E-state index < -0.39 is 0 Å². The zero-order chi connectivity index (χ0) is 13.4. The van der Waals surface area contributed by atoms with Crippen LogP contribution in [0.25, 0.3) is 0 Å². The molecule has 1 aromatic carbocycles. The Morgan fingerprint density at radius 2 is 2.05 bits per heavy atom. The summed E-state index contributed by atoms with van der Waals surface area (Å²) in [5.74, 6) is 0.897. The molecule has 0 spiro atoms. The summed E-state index contributed by atoms with van der Waals surface area (Å²) in [7, 11) is 0. The number of fused-ring (bicyclic) bond motifs is 1. The highest BCUT2D eigenvalue weighted by Crippen LogP contribution is 2.39. The molecule has 2 aliphatic rings. The Bertz CT molecular complexity index is 500. The Hall–Kier alpha value is -1.02. The van der Waals surface area contributed by atoms with Crippen LogP contribution in [0.5, 0.6) is 0 Å². The predicted molar refractivity (Wildman–Crippen MR) is 79.2 cm³/mol. The number of halogens is 1. The zero-order valence-corrected chi connectivity index (χ0v) is 12.1. The Balaban J connectivity index is 1.89. The van der Waals surface area contributed by atoms with Gasteiger partial charge in [0.1, 0.15) is 0 Å². The Morgan fingerprint density at radius 1 is 1.26 bits per heavy atom. The Morgan fingerprint density at radius 3 is 2.79 bits per heavy atom. The topological polar surface area (TPSA) is 20.3 Å². The molecular weight excluding hydrogens is 258 g/mol. The van der Waals surface area contributed by atoms with Crippen molar-refractivity contribution in [3.8, 4) is 0 Å². The van der Waals surface area contributed by atoms with Crippen molar-refractivity contribution >= 4 is 23.1 Å². The van der Waals surface area contributed by atoms with Crippen LogP contribution < -0.4 is 4.90 Å². The summed E-state index contributed by atoms with van der Waals surface area (Å²) in [6.45, 7) is 2.69. The normalized spacial score (nSPS) is 26.3. The van der Waals surface area contributed by atoms with Crippen LogP contribution in [0, 0.1) is 5.92 Å². The second-order valence-corrected chi connectivity index (χ2v) is 6.22. The molecule has 0 N–H and O–H groups in total. The van der Waals surface area contributed by atoms with E-state index in [4.69, 9.17) is 11.6 Å². The molecular formula is C16H20ClNO. The van der Waals surface area contributed by atoms with E-state index in [1.807, 2.05) is 12.1 Å². The molecule has 2 unspecified atom stereocenters. The molecule has 0 amide bonds. The van der Waals surface area contributed by atoms with Crippen LogP contribution in [0.3, 0.4) is 0 Å². The third-order valence-electron chi connectivity index (χ3n) is 4.66. The molecule has 102 valence electrons. The first kappa shape index (κ1) is 13.0. The maximum atomic E-state index is 11.4. The summed E-state index contributed by atoms with van der Waals surface area (Å²) in [5, 5.41) is 0.588. The van der Waals surface area contributed by atoms with Crippen LogP contribution in [-0.4, -0.2) is 18.4 Å². The number of hydrogen-bond acceptors (Lipinski definition) is 2. The van der Waals surface area contributed by atoms with Gasteiger partial charge in [-0.05, 0) is 56.7 Å². The lowest BCUT2D eigenvalue weighted by Crippen LogP contribution is -2.42. The van der Waals surface area contributed by atoms with Crippen molar-refractivity contribution in [3.05, 3.63) is 28.8 Å². The van der Waals surface area contributed by atoms with Gasteiger partial charge < -0.3 is 4.90 Å². The fourth-order valence-corrected chi connectivity index (χ4v) is 4.05. The van der Waals surface area contributed by atoms with Crippen LogP contribution >= 0.6 is 11.6 Å². The Kier molecular flexibility index (Phi) is 3.53. The minimum absolute atomic E-state index is 0.0361. The van der Waals surface area contributed by atoms with E-state index in [0.717, 1.165) is 12.5 Å². The van der Waals surface area contributed by atoms with E-state index in [1.165, 1.54) is 37.8 Å². The van der Waals surface area contributed by atoms with Gasteiger partial charge in [-0.25, -0.2) is 0 Å². The minimum Gasteiger partial charge on any atom is -0.368 e. The average Bonchev–Trinajstić information content (AvgIpc) is 2.86. The van der Waals surface area contributed by atoms with E-state index in [1.54, 1.807) is 6.92 Å². The molecule has 0 aromatic heterocycles. The highest BCUT2D eigenvalue weighted by atomic mass is 35.5. The fourth-order valence-electron chi connectivity index (χ4n) is 3.74. The highest BCUT2D eigenvalue weighted by molar-refractivity contribution is 6.34. The fraction of sp³-hybridized carbons (Fsp3) is 0.562. The number of carbonyl (C=O) groups excluding carboxylic acids is 1. The van der Waals surface area contributed by atoms with Gasteiger partial charge in [0.05, 0.1) is 5.02 Å². The van der Waals surface area contributed by atoms with Crippen LogP contribution in [-0.2, 0) is 0 Å². The van der Waals surface area contributed by atoms with Gasteiger partial charge in [0.2, 0.25) is 0 Å². The Labute approximate surface area is 119 Å². The number of carbonyl (C=O) groups is 1. The van der Waals surface area contributed by atoms with Crippen molar-refractivity contribution in [2.75, 3.05) is 11.4 Å². The first-order valence-electron chi connectivity index (χ1n) is 7.24. The van der Waals surface area contributed by atoms with Gasteiger partial charge in [-0.1, -0.05) is 18.0 Å². The number of nitrogens with zero attached hydrogens (tertiary/aromatic N) is 1. The van der Waals surface area contributed by atoms with Crippen LogP contribution in [0.4, 0.5) is 5.69 Å². The molecule has 1 aromatic rings. The summed E-state index contributed by atoms with van der Waals surface area (Å²) >= 11 is 6.24. The summed E-state index contributed by atoms with van der Waals surface area (Å²) in [4.78, 5) is 13.9. The third-order valence-corrected chi connectivity index (χ3v) is 4.97. The lowest BCUT2D eigenvalue weighted by molar-refractivity contribution is 0.101. The van der Waals surface area contributed by atoms with Crippen LogP contribution in [0.1, 0.15) is 49.4 Å². The first-order chi connectivity index (χ1) is 9.16. The lowest BCUT2D eigenvalue weighted by Gasteiger charge is -2.39. The summed E-state index contributed by atoms with van der Waals surface area (Å²) in [6.07, 6.45) is 6.68. The number of rotatable bonds is 2. The first-order valence-corrected chi connectivity index (χ1v) is 7.62. The lowest BCUT2D eigenvalue weighted by atomic mass is 9.91. The van der Waals surface area contributed by atoms with Crippen molar-refractivity contribution in [3.63, 3.8) is 0 Å². The van der Waals surface area contributed by atoms with Gasteiger partial charge >= 0.3 is 0 Å². The molecule has 1 saturated carbocycles. The summed E-state index contributed by atoms with van der Waals surface area (Å²) in [5.41, 5.74) is 1.82. The number of Topliss-reactive ketones (excluding diaryl/α,β-unsaturated/α-hetero) is 1. The molecule has 1 saturated heterocycles. The van der Waals surface area contributed by atoms with Gasteiger partial charge in [0, 0.05) is 23.8 Å². The standard InChI is InChI=1S/C16H20ClNO/c1-11(19)14-8-7-13(10-15(14)17)18-9-3-5-12-4-2-6-16(12)18/h7-8,10,12,16H,2-6,9H2,1H3. The molecule has 2 fully saturated rings.